The number of hydrogen-bond donors (Lipinski definition) is 8. The molecule has 25 heavy (non-hydrogen) atoms. The first-order chi connectivity index (χ1) is 11.1. The predicted octanol–water partition coefficient (Wildman–Crippen LogP) is -9.14. The van der Waals surface area contributed by atoms with Crippen molar-refractivity contribution >= 4 is 23.9 Å². The summed E-state index contributed by atoms with van der Waals surface area (Å²) >= 11 is 0. The van der Waals surface area contributed by atoms with Crippen LogP contribution in [0.1, 0.15) is 0 Å². The maximum atomic E-state index is 9.27. The minimum absolute atomic E-state index is 0. The Bertz CT molecular complexity index is 281. The van der Waals surface area contributed by atoms with Gasteiger partial charge < -0.3 is 60.4 Å². The Hall–Kier alpha value is -1.56. The Morgan fingerprint density at radius 1 is 0.520 bits per heavy atom. The van der Waals surface area contributed by atoms with Gasteiger partial charge in [0.1, 0.15) is 0 Å². The van der Waals surface area contributed by atoms with Gasteiger partial charge in [0.25, 0.3) is 0 Å². The molecule has 8 N–H and O–H groups in total. The van der Waals surface area contributed by atoms with Crippen molar-refractivity contribution in [1.29, 1.82) is 0 Å². The molecule has 0 aliphatic carbocycles. The molecule has 0 aliphatic heterocycles. The van der Waals surface area contributed by atoms with Crippen molar-refractivity contribution in [1.82, 2.24) is 21.9 Å². The van der Waals surface area contributed by atoms with E-state index in [1.807, 2.05) is 0 Å². The molecular weight excluding hydrogens is 435 g/mol. The number of carboxylic acids is 4. The third kappa shape index (κ3) is 86.0. The largest absolute Gasteiger partial charge is 4.00 e. The van der Waals surface area contributed by atoms with E-state index in [0.29, 0.717) is 0 Å². The summed E-state index contributed by atoms with van der Waals surface area (Å²) in [6.45, 7) is -2.06. The van der Waals surface area contributed by atoms with Gasteiger partial charge in [-0.2, -0.15) is 21.9 Å². The Kier molecular flexibility index (Phi) is 42.1. The summed E-state index contributed by atoms with van der Waals surface area (Å²) in [6.07, 6.45) is 0. The monoisotopic (exact) mass is 450 g/mol. The first-order valence-electron chi connectivity index (χ1n) is 5.36. The van der Waals surface area contributed by atoms with Gasteiger partial charge >= 0.3 is 26.2 Å². The molecule has 144 valence electrons. The molecule has 0 aromatic carbocycles. The molecule has 0 aromatic heterocycles. The van der Waals surface area contributed by atoms with Crippen LogP contribution in [0.3, 0.4) is 0 Å². The molecule has 0 aromatic rings. The molecule has 0 aliphatic rings. The summed E-state index contributed by atoms with van der Waals surface area (Å²) in [5.74, 6) is -5.29. The Labute approximate surface area is 159 Å². The van der Waals surface area contributed by atoms with Crippen molar-refractivity contribution < 1.29 is 86.6 Å². The maximum Gasteiger partial charge on any atom is 4.00 e. The van der Waals surface area contributed by atoms with E-state index in [-0.39, 0.29) is 26.2 Å². The van der Waals surface area contributed by atoms with Crippen LogP contribution in [0.4, 0.5) is 0 Å². The third-order valence-corrected chi connectivity index (χ3v) is 0.894. The Morgan fingerprint density at radius 3 is 0.640 bits per heavy atom. The summed E-state index contributed by atoms with van der Waals surface area (Å²) in [7, 11) is 0. The van der Waals surface area contributed by atoms with Crippen LogP contribution in [-0.2, 0) is 45.4 Å². The number of nitrogens with one attached hydrogen (secondary N) is 4. The third-order valence-electron chi connectivity index (χ3n) is 0.894. The van der Waals surface area contributed by atoms with Crippen LogP contribution in [0.5, 0.6) is 0 Å². The summed E-state index contributed by atoms with van der Waals surface area (Å²) in [5, 5.41) is 67.3. The molecule has 0 atom stereocenters. The van der Waals surface area contributed by atoms with E-state index in [1.165, 1.54) is 21.9 Å². The van der Waals surface area contributed by atoms with Crippen LogP contribution in [0, 0.1) is 0 Å². The zero-order valence-electron chi connectivity index (χ0n) is 12.4. The van der Waals surface area contributed by atoms with Gasteiger partial charge in [-0.25, -0.2) is 0 Å². The SMILES string of the molecule is O=C([O-])CNO.O=C([O-])CNO.O=C([O-])CNO.O=C([O-])CNO.[Zr+4]. The van der Waals surface area contributed by atoms with E-state index < -0.39 is 50.1 Å². The quantitative estimate of drug-likeness (QED) is 0.159. The zero-order chi connectivity index (χ0) is 20.0. The van der Waals surface area contributed by atoms with E-state index in [1.54, 1.807) is 0 Å². The van der Waals surface area contributed by atoms with Crippen molar-refractivity contribution in [2.75, 3.05) is 26.2 Å². The fraction of sp³-hybridized carbons (Fsp3) is 0.500. The van der Waals surface area contributed by atoms with Crippen molar-refractivity contribution in [2.45, 2.75) is 0 Å². The van der Waals surface area contributed by atoms with Crippen LogP contribution in [0.15, 0.2) is 0 Å². The molecular formula is C8H16N4O12Zr. The average molecular weight is 451 g/mol. The first-order valence-corrected chi connectivity index (χ1v) is 5.36. The number of aliphatic carboxylic acids is 4. The summed E-state index contributed by atoms with van der Waals surface area (Å²) < 4.78 is 0. The fourth-order valence-corrected chi connectivity index (χ4v) is 0.258. The zero-order valence-corrected chi connectivity index (χ0v) is 14.8. The maximum absolute atomic E-state index is 9.27. The molecule has 0 heterocycles. The average Bonchev–Trinajstić information content (AvgIpc) is 2.39. The molecule has 0 saturated carbocycles. The molecule has 0 fully saturated rings. The van der Waals surface area contributed by atoms with E-state index in [2.05, 4.69) is 0 Å². The molecule has 0 spiro atoms. The molecule has 0 saturated heterocycles. The minimum Gasteiger partial charge on any atom is -0.549 e. The molecule has 0 unspecified atom stereocenters. The van der Waals surface area contributed by atoms with E-state index in [9.17, 15) is 39.6 Å². The Morgan fingerprint density at radius 2 is 0.640 bits per heavy atom. The number of carbonyl (C=O) groups is 4. The van der Waals surface area contributed by atoms with Gasteiger partial charge in [-0.1, -0.05) is 0 Å². The summed E-state index contributed by atoms with van der Waals surface area (Å²) in [4.78, 5) is 37.1. The second-order valence-electron chi connectivity index (χ2n) is 2.83. The van der Waals surface area contributed by atoms with Gasteiger partial charge in [0.05, 0.1) is 50.1 Å². The number of rotatable bonds is 8. The molecule has 17 heteroatoms. The van der Waals surface area contributed by atoms with Crippen molar-refractivity contribution in [3.05, 3.63) is 0 Å². The normalized spacial score (nSPS) is 7.84. The molecule has 0 bridgehead atoms. The van der Waals surface area contributed by atoms with Gasteiger partial charge in [0.15, 0.2) is 0 Å². The van der Waals surface area contributed by atoms with Gasteiger partial charge in [-0.05, 0) is 0 Å². The van der Waals surface area contributed by atoms with Crippen molar-refractivity contribution in [3.8, 4) is 0 Å². The van der Waals surface area contributed by atoms with Crippen LogP contribution in [0.2, 0.25) is 0 Å². The second kappa shape index (κ2) is 30.3. The fourth-order valence-electron chi connectivity index (χ4n) is 0.258. The number of carboxylic acid groups (broad SMARTS) is 4. The van der Waals surface area contributed by atoms with Crippen LogP contribution < -0.4 is 42.3 Å². The smallest absolute Gasteiger partial charge is 0.549 e. The van der Waals surface area contributed by atoms with E-state index >= 15 is 0 Å². The summed E-state index contributed by atoms with van der Waals surface area (Å²) in [5.41, 5.74) is 5.62. The second-order valence-corrected chi connectivity index (χ2v) is 2.83. The van der Waals surface area contributed by atoms with Gasteiger partial charge in [0, 0.05) is 0 Å². The van der Waals surface area contributed by atoms with Gasteiger partial charge in [-0.3, -0.25) is 0 Å². The predicted molar refractivity (Wildman–Crippen MR) is 59.2 cm³/mol. The van der Waals surface area contributed by atoms with Gasteiger partial charge in [-0.15, -0.1) is 0 Å². The molecule has 0 amide bonds. The first kappa shape index (κ1) is 34.7. The van der Waals surface area contributed by atoms with Crippen molar-refractivity contribution in [3.63, 3.8) is 0 Å². The number of carbonyl (C=O) groups excluding carboxylic acids is 4. The topological polar surface area (TPSA) is 290 Å². The van der Waals surface area contributed by atoms with Crippen molar-refractivity contribution in [2.24, 2.45) is 0 Å². The number of hydroxylamine groups is 4. The van der Waals surface area contributed by atoms with Crippen LogP contribution in [0.25, 0.3) is 0 Å². The minimum atomic E-state index is -1.32. The van der Waals surface area contributed by atoms with Crippen LogP contribution in [-0.4, -0.2) is 70.9 Å². The standard InChI is InChI=1S/4C2H5NO3.Zr/c4*4-2(5)1-3-6;/h4*3,6H,1H2,(H,4,5);/q;;;;+4/p-4. The van der Waals surface area contributed by atoms with Crippen LogP contribution >= 0.6 is 0 Å². The van der Waals surface area contributed by atoms with Gasteiger partial charge in [0.2, 0.25) is 0 Å². The molecule has 0 rings (SSSR count). The van der Waals surface area contributed by atoms with E-state index in [4.69, 9.17) is 20.8 Å². The number of hydrogen-bond acceptors (Lipinski definition) is 16. The molecule has 16 nitrogen and oxygen atoms in total. The van der Waals surface area contributed by atoms with E-state index in [0.717, 1.165) is 0 Å². The summed E-state index contributed by atoms with van der Waals surface area (Å²) in [6, 6.07) is 0. The Balaban J connectivity index is -0.0000000702. The molecule has 0 radical (unpaired) electrons.